The van der Waals surface area contributed by atoms with Gasteiger partial charge in [-0.15, -0.1) is 0 Å². The lowest BCUT2D eigenvalue weighted by Gasteiger charge is -2.29. The van der Waals surface area contributed by atoms with E-state index in [0.717, 1.165) is 0 Å². The third-order valence-electron chi connectivity index (χ3n) is 6.27. The highest BCUT2D eigenvalue weighted by Crippen LogP contribution is 2.18. The Morgan fingerprint density at radius 3 is 1.77 bits per heavy atom. The predicted octanol–water partition coefficient (Wildman–Crippen LogP) is 1.82. The number of rotatable bonds is 6. The van der Waals surface area contributed by atoms with E-state index in [4.69, 9.17) is 18.9 Å². The summed E-state index contributed by atoms with van der Waals surface area (Å²) in [6, 6.07) is 9.88. The molecule has 0 spiro atoms. The molecule has 3 heterocycles. The fraction of sp³-hybridized carbons (Fsp3) is 0.556. The summed E-state index contributed by atoms with van der Waals surface area (Å²) in [7, 11) is 0. The molecular weight excluding hydrogens is 508 g/mol. The van der Waals surface area contributed by atoms with Crippen LogP contribution >= 0.6 is 0 Å². The van der Waals surface area contributed by atoms with Gasteiger partial charge in [0.1, 0.15) is 11.4 Å². The first-order chi connectivity index (χ1) is 18.9. The summed E-state index contributed by atoms with van der Waals surface area (Å²) in [5, 5.41) is 18.5. The number of carboxylic acid groups (broad SMARTS) is 2. The number of hydrogen-bond donors (Lipinski definition) is 2. The second-order valence-corrected chi connectivity index (χ2v) is 9.01. The maximum absolute atomic E-state index is 11.3. The molecule has 0 saturated carbocycles. The molecular formula is C27H38N4O8. The maximum atomic E-state index is 11.3. The van der Waals surface area contributed by atoms with Gasteiger partial charge in [-0.25, -0.2) is 19.6 Å². The Balaban J connectivity index is 1.52. The quantitative estimate of drug-likeness (QED) is 0.545. The SMILES string of the molecule is CC(c1cccc(C(=O)O)n1)N1CCOCCOCCN(Cc2cccc(C(=O)O)n2)CCOCCOCC1. The second-order valence-electron chi connectivity index (χ2n) is 9.01. The summed E-state index contributed by atoms with van der Waals surface area (Å²) in [5.74, 6) is -2.10. The molecule has 1 aliphatic rings. The van der Waals surface area contributed by atoms with Gasteiger partial charge in [0.05, 0.1) is 64.2 Å². The molecule has 0 aromatic carbocycles. The number of aromatic nitrogens is 2. The number of carboxylic acids is 2. The van der Waals surface area contributed by atoms with Gasteiger partial charge in [0.25, 0.3) is 0 Å². The molecule has 0 aliphatic carbocycles. The van der Waals surface area contributed by atoms with Gasteiger partial charge in [-0.3, -0.25) is 9.80 Å². The minimum atomic E-state index is -1.05. The van der Waals surface area contributed by atoms with E-state index in [0.29, 0.717) is 97.0 Å². The lowest BCUT2D eigenvalue weighted by Crippen LogP contribution is -2.35. The summed E-state index contributed by atoms with van der Waals surface area (Å²) in [4.78, 5) is 35.4. The highest BCUT2D eigenvalue weighted by atomic mass is 16.5. The van der Waals surface area contributed by atoms with Gasteiger partial charge in [0, 0.05) is 38.8 Å². The average molecular weight is 547 g/mol. The third-order valence-corrected chi connectivity index (χ3v) is 6.27. The number of carbonyl (C=O) groups is 2. The van der Waals surface area contributed by atoms with Crippen molar-refractivity contribution in [1.29, 1.82) is 0 Å². The summed E-state index contributed by atoms with van der Waals surface area (Å²) >= 11 is 0. The molecule has 2 aromatic rings. The fourth-order valence-electron chi connectivity index (χ4n) is 4.07. The van der Waals surface area contributed by atoms with E-state index >= 15 is 0 Å². The second kappa shape index (κ2) is 16.9. The zero-order valence-electron chi connectivity index (χ0n) is 22.4. The molecule has 1 unspecified atom stereocenters. The Labute approximate surface area is 228 Å². The number of ether oxygens (including phenoxy) is 4. The van der Waals surface area contributed by atoms with Crippen LogP contribution in [0.4, 0.5) is 0 Å². The van der Waals surface area contributed by atoms with Crippen molar-refractivity contribution in [3.63, 3.8) is 0 Å². The molecule has 1 fully saturated rings. The smallest absolute Gasteiger partial charge is 0.354 e. The van der Waals surface area contributed by atoms with Gasteiger partial charge in [-0.05, 0) is 31.2 Å². The highest BCUT2D eigenvalue weighted by molar-refractivity contribution is 5.85. The molecule has 0 bridgehead atoms. The van der Waals surface area contributed by atoms with Crippen LogP contribution in [0, 0.1) is 0 Å². The average Bonchev–Trinajstić information content (AvgIpc) is 2.93. The molecule has 0 radical (unpaired) electrons. The third kappa shape index (κ3) is 10.9. The molecule has 39 heavy (non-hydrogen) atoms. The summed E-state index contributed by atoms with van der Waals surface area (Å²) < 4.78 is 23.1. The summed E-state index contributed by atoms with van der Waals surface area (Å²) in [5.41, 5.74) is 1.39. The van der Waals surface area contributed by atoms with Crippen molar-refractivity contribution in [1.82, 2.24) is 19.8 Å². The Morgan fingerprint density at radius 1 is 0.744 bits per heavy atom. The topological polar surface area (TPSA) is 144 Å². The van der Waals surface area contributed by atoms with E-state index in [1.165, 1.54) is 12.1 Å². The highest BCUT2D eigenvalue weighted by Gasteiger charge is 2.18. The molecule has 12 heteroatoms. The van der Waals surface area contributed by atoms with Crippen LogP contribution in [0.3, 0.4) is 0 Å². The van der Waals surface area contributed by atoms with Gasteiger partial charge in [-0.1, -0.05) is 12.1 Å². The number of hydrogen-bond acceptors (Lipinski definition) is 10. The van der Waals surface area contributed by atoms with E-state index in [1.54, 1.807) is 12.1 Å². The molecule has 1 aliphatic heterocycles. The van der Waals surface area contributed by atoms with Crippen LogP contribution in [0.5, 0.6) is 0 Å². The summed E-state index contributed by atoms with van der Waals surface area (Å²) in [6.07, 6.45) is 0. The minimum Gasteiger partial charge on any atom is -0.477 e. The van der Waals surface area contributed by atoms with Crippen LogP contribution in [0.15, 0.2) is 36.4 Å². The van der Waals surface area contributed by atoms with Crippen molar-refractivity contribution < 1.29 is 38.7 Å². The molecule has 1 saturated heterocycles. The Kier molecular flexibility index (Phi) is 13.2. The van der Waals surface area contributed by atoms with Crippen LogP contribution in [-0.2, 0) is 25.5 Å². The van der Waals surface area contributed by atoms with Gasteiger partial charge in [0.2, 0.25) is 0 Å². The van der Waals surface area contributed by atoms with Gasteiger partial charge in [-0.2, -0.15) is 0 Å². The van der Waals surface area contributed by atoms with Crippen molar-refractivity contribution in [2.24, 2.45) is 0 Å². The van der Waals surface area contributed by atoms with E-state index in [1.807, 2.05) is 19.1 Å². The van der Waals surface area contributed by atoms with Crippen molar-refractivity contribution in [3.8, 4) is 0 Å². The first-order valence-electron chi connectivity index (χ1n) is 13.1. The minimum absolute atomic E-state index is 0.0196. The van der Waals surface area contributed by atoms with E-state index in [-0.39, 0.29) is 17.4 Å². The van der Waals surface area contributed by atoms with E-state index < -0.39 is 11.9 Å². The van der Waals surface area contributed by atoms with Crippen molar-refractivity contribution in [3.05, 3.63) is 59.2 Å². The molecule has 2 aromatic heterocycles. The van der Waals surface area contributed by atoms with Gasteiger partial charge < -0.3 is 29.2 Å². The molecule has 3 rings (SSSR count). The zero-order chi connectivity index (χ0) is 27.9. The van der Waals surface area contributed by atoms with E-state index in [2.05, 4.69) is 19.8 Å². The molecule has 1 atom stereocenters. The van der Waals surface area contributed by atoms with Crippen LogP contribution < -0.4 is 0 Å². The number of aromatic carboxylic acids is 2. The Hall–Kier alpha value is -3.00. The first kappa shape index (κ1) is 30.5. The standard InChI is InChI=1S/C27H38N4O8/c1-21(23-5-3-7-25(29-23)27(34)35)31-10-14-38-18-16-36-12-8-30(9-13-37-17-19-39-15-11-31)20-22-4-2-6-24(28-22)26(32)33/h2-7,21H,8-20H2,1H3,(H,32,33)(H,34,35). The van der Waals surface area contributed by atoms with Crippen LogP contribution in [-0.4, -0.2) is 121 Å². The Bertz CT molecular complexity index is 1020. The van der Waals surface area contributed by atoms with Crippen molar-refractivity contribution in [2.75, 3.05) is 79.0 Å². The molecule has 2 N–H and O–H groups in total. The molecule has 0 amide bonds. The lowest BCUT2D eigenvalue weighted by molar-refractivity contribution is 0.00214. The van der Waals surface area contributed by atoms with Crippen molar-refractivity contribution >= 4 is 11.9 Å². The Morgan fingerprint density at radius 2 is 1.23 bits per heavy atom. The van der Waals surface area contributed by atoms with Crippen LogP contribution in [0.25, 0.3) is 0 Å². The maximum Gasteiger partial charge on any atom is 0.354 e. The summed E-state index contributed by atoms with van der Waals surface area (Å²) in [6.45, 7) is 8.68. The fourth-order valence-corrected chi connectivity index (χ4v) is 4.07. The molecule has 12 nitrogen and oxygen atoms in total. The first-order valence-corrected chi connectivity index (χ1v) is 13.1. The largest absolute Gasteiger partial charge is 0.477 e. The van der Waals surface area contributed by atoms with E-state index in [9.17, 15) is 19.8 Å². The van der Waals surface area contributed by atoms with Gasteiger partial charge in [0.15, 0.2) is 0 Å². The van der Waals surface area contributed by atoms with Gasteiger partial charge >= 0.3 is 11.9 Å². The molecule has 214 valence electrons. The van der Waals surface area contributed by atoms with Crippen LogP contribution in [0.1, 0.15) is 45.3 Å². The number of pyridine rings is 2. The zero-order valence-corrected chi connectivity index (χ0v) is 22.4. The lowest BCUT2D eigenvalue weighted by atomic mass is 10.1. The number of nitrogens with zero attached hydrogens (tertiary/aromatic N) is 4. The predicted molar refractivity (Wildman–Crippen MR) is 141 cm³/mol. The van der Waals surface area contributed by atoms with Crippen LogP contribution in [0.2, 0.25) is 0 Å². The normalized spacial score (nSPS) is 19.0. The van der Waals surface area contributed by atoms with Crippen molar-refractivity contribution in [2.45, 2.75) is 19.5 Å². The monoisotopic (exact) mass is 546 g/mol.